The van der Waals surface area contributed by atoms with E-state index in [1.165, 1.54) is 0 Å². The fourth-order valence-corrected chi connectivity index (χ4v) is 2.57. The van der Waals surface area contributed by atoms with Gasteiger partial charge in [0.1, 0.15) is 5.82 Å². The van der Waals surface area contributed by atoms with E-state index in [1.807, 2.05) is 24.7 Å². The molecule has 0 amide bonds. The van der Waals surface area contributed by atoms with E-state index in [1.54, 1.807) is 16.8 Å². The second-order valence-electron chi connectivity index (χ2n) is 4.64. The van der Waals surface area contributed by atoms with Crippen LogP contribution in [0.2, 0.25) is 10.0 Å². The minimum atomic E-state index is 0.511. The van der Waals surface area contributed by atoms with Gasteiger partial charge in [-0.05, 0) is 13.0 Å². The lowest BCUT2D eigenvalue weighted by Gasteiger charge is -2.01. The van der Waals surface area contributed by atoms with Crippen molar-refractivity contribution < 1.29 is 0 Å². The topological polar surface area (TPSA) is 48.0 Å². The number of hydrogen-bond donors (Lipinski definition) is 0. The standard InChI is InChI=1S/C13H13Cl2N5/c1-8-9(14)7-10(15)13-17-11(18-20(8)13)3-4-12-16-5-6-19(12)2/h5-7H,3-4H2,1-2H3. The summed E-state index contributed by atoms with van der Waals surface area (Å²) in [6.07, 6.45) is 5.20. The predicted octanol–water partition coefficient (Wildman–Crippen LogP) is 2.86. The normalized spacial score (nSPS) is 11.4. The molecule has 0 atom stereocenters. The van der Waals surface area contributed by atoms with E-state index >= 15 is 0 Å². The third kappa shape index (κ3) is 2.27. The summed E-state index contributed by atoms with van der Waals surface area (Å²) in [6.45, 7) is 1.89. The van der Waals surface area contributed by atoms with Crippen LogP contribution in [0.4, 0.5) is 0 Å². The van der Waals surface area contributed by atoms with Gasteiger partial charge in [-0.2, -0.15) is 5.10 Å². The first kappa shape index (κ1) is 13.4. The molecule has 0 fully saturated rings. The Labute approximate surface area is 126 Å². The summed E-state index contributed by atoms with van der Waals surface area (Å²) < 4.78 is 3.68. The van der Waals surface area contributed by atoms with Gasteiger partial charge in [-0.3, -0.25) is 0 Å². The Morgan fingerprint density at radius 3 is 2.70 bits per heavy atom. The molecule has 0 saturated heterocycles. The van der Waals surface area contributed by atoms with Gasteiger partial charge >= 0.3 is 0 Å². The number of aryl methyl sites for hydroxylation is 4. The Hall–Kier alpha value is -1.59. The van der Waals surface area contributed by atoms with Crippen LogP contribution in [0.3, 0.4) is 0 Å². The second-order valence-corrected chi connectivity index (χ2v) is 5.46. The smallest absolute Gasteiger partial charge is 0.174 e. The molecule has 3 heterocycles. The van der Waals surface area contributed by atoms with Crippen LogP contribution < -0.4 is 0 Å². The van der Waals surface area contributed by atoms with Crippen molar-refractivity contribution in [2.45, 2.75) is 19.8 Å². The molecule has 0 aliphatic carbocycles. The van der Waals surface area contributed by atoms with Crippen LogP contribution in [0.15, 0.2) is 18.5 Å². The monoisotopic (exact) mass is 309 g/mol. The summed E-state index contributed by atoms with van der Waals surface area (Å²) in [4.78, 5) is 8.75. The van der Waals surface area contributed by atoms with E-state index in [0.29, 0.717) is 22.1 Å². The first-order valence-electron chi connectivity index (χ1n) is 6.22. The van der Waals surface area contributed by atoms with E-state index in [2.05, 4.69) is 15.1 Å². The molecule has 3 aromatic heterocycles. The summed E-state index contributed by atoms with van der Waals surface area (Å²) in [5.74, 6) is 1.74. The van der Waals surface area contributed by atoms with Crippen molar-refractivity contribution in [2.75, 3.05) is 0 Å². The lowest BCUT2D eigenvalue weighted by atomic mass is 10.3. The van der Waals surface area contributed by atoms with Crippen LogP contribution in [0.1, 0.15) is 17.3 Å². The quantitative estimate of drug-likeness (QED) is 0.747. The van der Waals surface area contributed by atoms with Crippen molar-refractivity contribution in [1.82, 2.24) is 24.1 Å². The Balaban J connectivity index is 1.92. The lowest BCUT2D eigenvalue weighted by Crippen LogP contribution is -2.01. The highest BCUT2D eigenvalue weighted by Crippen LogP contribution is 2.24. The fourth-order valence-electron chi connectivity index (χ4n) is 2.09. The van der Waals surface area contributed by atoms with Crippen molar-refractivity contribution in [2.24, 2.45) is 7.05 Å². The molecule has 104 valence electrons. The van der Waals surface area contributed by atoms with Crippen molar-refractivity contribution in [3.8, 4) is 0 Å². The van der Waals surface area contributed by atoms with Gasteiger partial charge in [0, 0.05) is 32.3 Å². The summed E-state index contributed by atoms with van der Waals surface area (Å²) in [7, 11) is 1.97. The van der Waals surface area contributed by atoms with Gasteiger partial charge in [-0.25, -0.2) is 14.5 Å². The van der Waals surface area contributed by atoms with E-state index < -0.39 is 0 Å². The molecule has 0 bridgehead atoms. The average Bonchev–Trinajstić information content (AvgIpc) is 3.00. The first-order chi connectivity index (χ1) is 9.56. The van der Waals surface area contributed by atoms with E-state index in [-0.39, 0.29) is 0 Å². The van der Waals surface area contributed by atoms with Gasteiger partial charge in [0.25, 0.3) is 0 Å². The van der Waals surface area contributed by atoms with Crippen molar-refractivity contribution >= 4 is 28.8 Å². The van der Waals surface area contributed by atoms with Crippen LogP contribution in [0, 0.1) is 6.92 Å². The molecule has 20 heavy (non-hydrogen) atoms. The highest BCUT2D eigenvalue weighted by molar-refractivity contribution is 6.36. The number of imidazole rings is 1. The minimum Gasteiger partial charge on any atom is -0.338 e. The highest BCUT2D eigenvalue weighted by Gasteiger charge is 2.12. The van der Waals surface area contributed by atoms with Crippen molar-refractivity contribution in [1.29, 1.82) is 0 Å². The molecule has 5 nitrogen and oxygen atoms in total. The molecular formula is C13H13Cl2N5. The van der Waals surface area contributed by atoms with Gasteiger partial charge in [0.15, 0.2) is 11.5 Å². The Morgan fingerprint density at radius 1 is 1.20 bits per heavy atom. The summed E-state index contributed by atoms with van der Waals surface area (Å²) >= 11 is 12.2. The number of pyridine rings is 1. The third-order valence-corrected chi connectivity index (χ3v) is 3.94. The van der Waals surface area contributed by atoms with Crippen LogP contribution in [-0.2, 0) is 19.9 Å². The molecular weight excluding hydrogens is 297 g/mol. The maximum atomic E-state index is 6.15. The second kappa shape index (κ2) is 5.07. The summed E-state index contributed by atoms with van der Waals surface area (Å²) in [5.41, 5.74) is 1.48. The summed E-state index contributed by atoms with van der Waals surface area (Å²) in [5, 5.41) is 5.56. The maximum absolute atomic E-state index is 6.15. The summed E-state index contributed by atoms with van der Waals surface area (Å²) in [6, 6.07) is 1.70. The fraction of sp³-hybridized carbons (Fsp3) is 0.308. The molecule has 7 heteroatoms. The molecule has 0 aromatic carbocycles. The zero-order valence-electron chi connectivity index (χ0n) is 11.1. The van der Waals surface area contributed by atoms with Gasteiger partial charge in [-0.15, -0.1) is 0 Å². The van der Waals surface area contributed by atoms with E-state index in [9.17, 15) is 0 Å². The van der Waals surface area contributed by atoms with Gasteiger partial charge in [-0.1, -0.05) is 23.2 Å². The molecule has 0 spiro atoms. The maximum Gasteiger partial charge on any atom is 0.174 e. The predicted molar refractivity (Wildman–Crippen MR) is 78.4 cm³/mol. The third-order valence-electron chi connectivity index (χ3n) is 3.27. The van der Waals surface area contributed by atoms with Crippen molar-refractivity contribution in [3.63, 3.8) is 0 Å². The van der Waals surface area contributed by atoms with Crippen LogP contribution in [0.5, 0.6) is 0 Å². The molecule has 0 N–H and O–H groups in total. The number of halogens is 2. The molecule has 0 saturated carbocycles. The first-order valence-corrected chi connectivity index (χ1v) is 6.98. The molecule has 3 rings (SSSR count). The average molecular weight is 310 g/mol. The number of hydrogen-bond acceptors (Lipinski definition) is 3. The largest absolute Gasteiger partial charge is 0.338 e. The molecule has 0 aliphatic rings. The Morgan fingerprint density at radius 2 is 2.00 bits per heavy atom. The van der Waals surface area contributed by atoms with E-state index in [0.717, 1.165) is 23.8 Å². The minimum absolute atomic E-state index is 0.511. The molecule has 0 radical (unpaired) electrons. The van der Waals surface area contributed by atoms with Gasteiger partial charge in [0.05, 0.1) is 15.7 Å². The number of aromatic nitrogens is 5. The zero-order chi connectivity index (χ0) is 14.3. The Kier molecular flexibility index (Phi) is 3.40. The molecule has 0 aliphatic heterocycles. The van der Waals surface area contributed by atoms with E-state index in [4.69, 9.17) is 23.2 Å². The van der Waals surface area contributed by atoms with Gasteiger partial charge in [0.2, 0.25) is 0 Å². The van der Waals surface area contributed by atoms with Crippen LogP contribution >= 0.6 is 23.2 Å². The zero-order valence-corrected chi connectivity index (χ0v) is 12.7. The Bertz CT molecular complexity index is 775. The molecule has 3 aromatic rings. The van der Waals surface area contributed by atoms with Crippen LogP contribution in [-0.4, -0.2) is 24.1 Å². The number of rotatable bonds is 3. The molecule has 0 unspecified atom stereocenters. The number of nitrogens with zero attached hydrogens (tertiary/aromatic N) is 5. The van der Waals surface area contributed by atoms with Crippen molar-refractivity contribution in [3.05, 3.63) is 45.8 Å². The van der Waals surface area contributed by atoms with Gasteiger partial charge < -0.3 is 4.57 Å². The highest BCUT2D eigenvalue weighted by atomic mass is 35.5. The number of fused-ring (bicyclic) bond motifs is 1. The van der Waals surface area contributed by atoms with Crippen LogP contribution in [0.25, 0.3) is 5.65 Å². The lowest BCUT2D eigenvalue weighted by molar-refractivity contribution is 0.743. The SMILES string of the molecule is Cc1c(Cl)cc(Cl)c2nc(CCc3nccn3C)nn12.